The molecule has 1 aromatic carbocycles. The fourth-order valence-corrected chi connectivity index (χ4v) is 5.16. The van der Waals surface area contributed by atoms with Crippen molar-refractivity contribution < 1.29 is 4.74 Å². The lowest BCUT2D eigenvalue weighted by Gasteiger charge is -2.42. The van der Waals surface area contributed by atoms with Crippen LogP contribution in [0.1, 0.15) is 37.7 Å². The number of aliphatic imine (C=N–C) groups is 1. The lowest BCUT2D eigenvalue weighted by atomic mass is 9.73. The van der Waals surface area contributed by atoms with Crippen molar-refractivity contribution in [2.24, 2.45) is 10.4 Å². The molecule has 0 radical (unpaired) electrons. The Balaban J connectivity index is 1.31. The third-order valence-corrected chi connectivity index (χ3v) is 6.99. The highest BCUT2D eigenvalue weighted by Gasteiger charge is 2.34. The normalized spacial score (nSPS) is 22.0. The Morgan fingerprint density at radius 1 is 1.06 bits per heavy atom. The van der Waals surface area contributed by atoms with E-state index in [1.165, 1.54) is 49.9 Å². The molecule has 0 bridgehead atoms. The van der Waals surface area contributed by atoms with Gasteiger partial charge in [-0.15, -0.1) is 0 Å². The van der Waals surface area contributed by atoms with Gasteiger partial charge in [0.2, 0.25) is 0 Å². The first-order valence-electron chi connectivity index (χ1n) is 12.0. The molecule has 170 valence electrons. The molecule has 6 heteroatoms. The number of guanidine groups is 1. The van der Waals surface area contributed by atoms with Crippen LogP contribution in [0.15, 0.2) is 41.4 Å². The predicted molar refractivity (Wildman–Crippen MR) is 129 cm³/mol. The van der Waals surface area contributed by atoms with Crippen LogP contribution in [0, 0.1) is 5.41 Å². The van der Waals surface area contributed by atoms with Gasteiger partial charge in [-0.1, -0.05) is 43.5 Å². The maximum absolute atomic E-state index is 5.56. The van der Waals surface area contributed by atoms with Crippen LogP contribution < -0.4 is 15.5 Å². The molecule has 0 amide bonds. The maximum atomic E-state index is 5.56. The molecule has 1 aromatic rings. The number of morpholine rings is 1. The van der Waals surface area contributed by atoms with Crippen molar-refractivity contribution in [3.05, 3.63) is 42.0 Å². The first kappa shape index (κ1) is 22.2. The van der Waals surface area contributed by atoms with Gasteiger partial charge in [0.25, 0.3) is 0 Å². The Labute approximate surface area is 187 Å². The van der Waals surface area contributed by atoms with Crippen molar-refractivity contribution >= 4 is 11.6 Å². The molecule has 1 saturated heterocycles. The molecule has 31 heavy (non-hydrogen) atoms. The zero-order chi connectivity index (χ0) is 21.4. The fourth-order valence-electron chi connectivity index (χ4n) is 5.16. The van der Waals surface area contributed by atoms with Gasteiger partial charge in [0.05, 0.1) is 13.2 Å². The third kappa shape index (κ3) is 6.23. The number of rotatable bonds is 7. The van der Waals surface area contributed by atoms with Gasteiger partial charge in [-0.2, -0.15) is 0 Å². The molecular weight excluding hydrogens is 386 g/mol. The summed E-state index contributed by atoms with van der Waals surface area (Å²) in [4.78, 5) is 9.49. The summed E-state index contributed by atoms with van der Waals surface area (Å²) in [5.74, 6) is 0.903. The van der Waals surface area contributed by atoms with E-state index in [0.717, 1.165) is 58.4 Å². The Morgan fingerprint density at radius 2 is 1.84 bits per heavy atom. The van der Waals surface area contributed by atoms with Crippen LogP contribution in [-0.4, -0.2) is 70.4 Å². The minimum Gasteiger partial charge on any atom is -0.379 e. The molecule has 6 nitrogen and oxygen atoms in total. The minimum absolute atomic E-state index is 0.343. The Bertz CT molecular complexity index is 742. The van der Waals surface area contributed by atoms with Gasteiger partial charge < -0.3 is 20.3 Å². The second-order valence-corrected chi connectivity index (χ2v) is 9.27. The average molecular weight is 426 g/mol. The SMILES string of the molecule is CN=C(NCc1cccc(N2CC=CC2)c1)NCC1(CN2CCOCC2)CCCCC1. The van der Waals surface area contributed by atoms with E-state index >= 15 is 0 Å². The van der Waals surface area contributed by atoms with Gasteiger partial charge in [0.1, 0.15) is 0 Å². The highest BCUT2D eigenvalue weighted by atomic mass is 16.5. The van der Waals surface area contributed by atoms with Gasteiger partial charge in [-0.05, 0) is 30.5 Å². The number of benzene rings is 1. The van der Waals surface area contributed by atoms with Crippen LogP contribution in [0.3, 0.4) is 0 Å². The number of nitrogens with zero attached hydrogens (tertiary/aromatic N) is 3. The highest BCUT2D eigenvalue weighted by Crippen LogP contribution is 2.36. The maximum Gasteiger partial charge on any atom is 0.191 e. The molecular formula is C25H39N5O. The van der Waals surface area contributed by atoms with E-state index in [4.69, 9.17) is 4.74 Å². The average Bonchev–Trinajstić information content (AvgIpc) is 3.36. The molecule has 0 unspecified atom stereocenters. The van der Waals surface area contributed by atoms with E-state index in [-0.39, 0.29) is 0 Å². The molecule has 0 atom stereocenters. The molecule has 1 aliphatic carbocycles. The monoisotopic (exact) mass is 425 g/mol. The molecule has 3 aliphatic rings. The van der Waals surface area contributed by atoms with Gasteiger partial charge in [0, 0.05) is 64.0 Å². The van der Waals surface area contributed by atoms with Crippen LogP contribution in [0.5, 0.6) is 0 Å². The van der Waals surface area contributed by atoms with Crippen molar-refractivity contribution in [2.45, 2.75) is 38.6 Å². The summed E-state index contributed by atoms with van der Waals surface area (Å²) in [5.41, 5.74) is 2.92. The first-order chi connectivity index (χ1) is 15.3. The minimum atomic E-state index is 0.343. The van der Waals surface area contributed by atoms with E-state index in [1.54, 1.807) is 0 Å². The number of hydrogen-bond acceptors (Lipinski definition) is 4. The van der Waals surface area contributed by atoms with Crippen LogP contribution in [0.4, 0.5) is 5.69 Å². The molecule has 2 fully saturated rings. The van der Waals surface area contributed by atoms with E-state index in [0.29, 0.717) is 5.41 Å². The topological polar surface area (TPSA) is 52.1 Å². The summed E-state index contributed by atoms with van der Waals surface area (Å²) in [7, 11) is 1.87. The predicted octanol–water partition coefficient (Wildman–Crippen LogP) is 3.01. The van der Waals surface area contributed by atoms with Crippen LogP contribution in [-0.2, 0) is 11.3 Å². The smallest absolute Gasteiger partial charge is 0.191 e. The lowest BCUT2D eigenvalue weighted by molar-refractivity contribution is 0.00820. The van der Waals surface area contributed by atoms with Crippen molar-refractivity contribution in [3.63, 3.8) is 0 Å². The first-order valence-corrected chi connectivity index (χ1v) is 12.0. The van der Waals surface area contributed by atoms with E-state index in [2.05, 4.69) is 61.8 Å². The Kier molecular flexibility index (Phi) is 7.86. The Hall–Kier alpha value is -2.05. The summed E-state index contributed by atoms with van der Waals surface area (Å²) in [6.07, 6.45) is 11.1. The number of anilines is 1. The second-order valence-electron chi connectivity index (χ2n) is 9.27. The summed E-state index contributed by atoms with van der Waals surface area (Å²) >= 11 is 0. The second kappa shape index (κ2) is 11.0. The van der Waals surface area contributed by atoms with E-state index in [9.17, 15) is 0 Å². The summed E-state index contributed by atoms with van der Waals surface area (Å²) in [6, 6.07) is 8.82. The number of ether oxygens (including phenoxy) is 1. The van der Waals surface area contributed by atoms with Crippen molar-refractivity contribution in [2.75, 3.05) is 64.4 Å². The summed E-state index contributed by atoms with van der Waals surface area (Å²) in [6.45, 7) is 8.84. The van der Waals surface area contributed by atoms with Crippen molar-refractivity contribution in [1.29, 1.82) is 0 Å². The Morgan fingerprint density at radius 3 is 2.58 bits per heavy atom. The van der Waals surface area contributed by atoms with Crippen molar-refractivity contribution in [1.82, 2.24) is 15.5 Å². The summed E-state index contributed by atoms with van der Waals surface area (Å²) < 4.78 is 5.56. The summed E-state index contributed by atoms with van der Waals surface area (Å²) in [5, 5.41) is 7.21. The molecule has 2 N–H and O–H groups in total. The zero-order valence-electron chi connectivity index (χ0n) is 19.1. The molecule has 2 aliphatic heterocycles. The number of hydrogen-bond donors (Lipinski definition) is 2. The molecule has 2 heterocycles. The molecule has 1 saturated carbocycles. The van der Waals surface area contributed by atoms with Gasteiger partial charge in [-0.25, -0.2) is 0 Å². The van der Waals surface area contributed by atoms with Crippen LogP contribution in [0.25, 0.3) is 0 Å². The highest BCUT2D eigenvalue weighted by molar-refractivity contribution is 5.79. The van der Waals surface area contributed by atoms with Gasteiger partial charge in [-0.3, -0.25) is 9.89 Å². The molecule has 4 rings (SSSR count). The third-order valence-electron chi connectivity index (χ3n) is 6.99. The molecule has 0 aromatic heterocycles. The van der Waals surface area contributed by atoms with Crippen LogP contribution >= 0.6 is 0 Å². The standard InChI is InChI=1S/C25H39N5O/c1-26-24(27-19-22-8-7-9-23(18-22)30-12-5-6-13-30)28-20-25(10-3-2-4-11-25)21-29-14-16-31-17-15-29/h5-9,18H,2-4,10-17,19-21H2,1H3,(H2,26,27,28). The largest absolute Gasteiger partial charge is 0.379 e. The van der Waals surface area contributed by atoms with Gasteiger partial charge >= 0.3 is 0 Å². The lowest BCUT2D eigenvalue weighted by Crippen LogP contribution is -2.51. The molecule has 0 spiro atoms. The van der Waals surface area contributed by atoms with Crippen LogP contribution in [0.2, 0.25) is 0 Å². The number of nitrogens with one attached hydrogen (secondary N) is 2. The van der Waals surface area contributed by atoms with E-state index < -0.39 is 0 Å². The van der Waals surface area contributed by atoms with Gasteiger partial charge in [0.15, 0.2) is 5.96 Å². The fraction of sp³-hybridized carbons (Fsp3) is 0.640. The zero-order valence-corrected chi connectivity index (χ0v) is 19.1. The quantitative estimate of drug-likeness (QED) is 0.400. The van der Waals surface area contributed by atoms with Crippen molar-refractivity contribution in [3.8, 4) is 0 Å². The van der Waals surface area contributed by atoms with E-state index in [1.807, 2.05) is 7.05 Å².